The number of para-hydroxylation sites is 1. The summed E-state index contributed by atoms with van der Waals surface area (Å²) in [6, 6.07) is 13.5. The minimum atomic E-state index is 0. The van der Waals surface area contributed by atoms with Gasteiger partial charge >= 0.3 is 0 Å². The first-order chi connectivity index (χ1) is 13.7. The SMILES string of the molecule is CCNC(=NCc1ccc(OC)c(OC)c1OC)NCCOc1ccccc1.I. The van der Waals surface area contributed by atoms with Gasteiger partial charge in [0.1, 0.15) is 12.4 Å². The second-order valence-corrected chi connectivity index (χ2v) is 5.78. The highest BCUT2D eigenvalue weighted by molar-refractivity contribution is 14.0. The summed E-state index contributed by atoms with van der Waals surface area (Å²) in [6.45, 7) is 4.37. The summed E-state index contributed by atoms with van der Waals surface area (Å²) in [5.41, 5.74) is 0.901. The van der Waals surface area contributed by atoms with Crippen molar-refractivity contribution in [2.24, 2.45) is 4.99 Å². The average Bonchev–Trinajstić information content (AvgIpc) is 2.74. The summed E-state index contributed by atoms with van der Waals surface area (Å²) in [6.07, 6.45) is 0. The van der Waals surface area contributed by atoms with E-state index in [1.807, 2.05) is 49.4 Å². The van der Waals surface area contributed by atoms with Crippen LogP contribution in [0.25, 0.3) is 0 Å². The maximum atomic E-state index is 5.69. The number of rotatable bonds is 10. The van der Waals surface area contributed by atoms with E-state index in [0.29, 0.717) is 42.9 Å². The van der Waals surface area contributed by atoms with Crippen LogP contribution in [-0.4, -0.2) is 47.0 Å². The highest BCUT2D eigenvalue weighted by Gasteiger charge is 2.15. The van der Waals surface area contributed by atoms with Gasteiger partial charge in [0.2, 0.25) is 5.75 Å². The Morgan fingerprint density at radius 3 is 2.24 bits per heavy atom. The van der Waals surface area contributed by atoms with E-state index >= 15 is 0 Å². The lowest BCUT2D eigenvalue weighted by molar-refractivity contribution is 0.321. The van der Waals surface area contributed by atoms with Crippen LogP contribution in [-0.2, 0) is 6.54 Å². The number of hydrogen-bond donors (Lipinski definition) is 2. The predicted molar refractivity (Wildman–Crippen MR) is 126 cm³/mol. The van der Waals surface area contributed by atoms with Gasteiger partial charge in [-0.25, -0.2) is 4.99 Å². The zero-order valence-electron chi connectivity index (χ0n) is 17.4. The van der Waals surface area contributed by atoms with Crippen LogP contribution in [0.4, 0.5) is 0 Å². The fourth-order valence-electron chi connectivity index (χ4n) is 2.65. The van der Waals surface area contributed by atoms with Gasteiger partial charge in [-0.3, -0.25) is 0 Å². The van der Waals surface area contributed by atoms with Crippen LogP contribution in [0.1, 0.15) is 12.5 Å². The van der Waals surface area contributed by atoms with Crippen molar-refractivity contribution in [3.63, 3.8) is 0 Å². The van der Waals surface area contributed by atoms with E-state index in [1.54, 1.807) is 21.3 Å². The number of nitrogens with one attached hydrogen (secondary N) is 2. The number of benzene rings is 2. The number of guanidine groups is 1. The Bertz CT molecular complexity index is 757. The third-order valence-corrected chi connectivity index (χ3v) is 3.94. The smallest absolute Gasteiger partial charge is 0.203 e. The Labute approximate surface area is 189 Å². The van der Waals surface area contributed by atoms with Crippen molar-refractivity contribution in [1.29, 1.82) is 0 Å². The van der Waals surface area contributed by atoms with Crippen molar-refractivity contribution in [1.82, 2.24) is 10.6 Å². The monoisotopic (exact) mass is 515 g/mol. The molecule has 0 fully saturated rings. The molecule has 29 heavy (non-hydrogen) atoms. The number of ether oxygens (including phenoxy) is 4. The van der Waals surface area contributed by atoms with Crippen molar-refractivity contribution in [2.45, 2.75) is 13.5 Å². The molecule has 2 aromatic carbocycles. The highest BCUT2D eigenvalue weighted by atomic mass is 127. The van der Waals surface area contributed by atoms with Gasteiger partial charge < -0.3 is 29.6 Å². The maximum absolute atomic E-state index is 5.69. The third kappa shape index (κ3) is 7.52. The second kappa shape index (κ2) is 13.8. The van der Waals surface area contributed by atoms with Crippen LogP contribution in [0.3, 0.4) is 0 Å². The van der Waals surface area contributed by atoms with Crippen LogP contribution < -0.4 is 29.6 Å². The molecule has 8 heteroatoms. The molecule has 2 N–H and O–H groups in total. The van der Waals surface area contributed by atoms with Gasteiger partial charge in [0.15, 0.2) is 17.5 Å². The molecule has 7 nitrogen and oxygen atoms in total. The summed E-state index contributed by atoms with van der Waals surface area (Å²) in [5, 5.41) is 6.49. The second-order valence-electron chi connectivity index (χ2n) is 5.78. The van der Waals surface area contributed by atoms with Gasteiger partial charge in [-0.2, -0.15) is 0 Å². The average molecular weight is 515 g/mol. The molecule has 2 rings (SSSR count). The fourth-order valence-corrected chi connectivity index (χ4v) is 2.65. The van der Waals surface area contributed by atoms with Gasteiger partial charge in [0, 0.05) is 12.1 Å². The highest BCUT2D eigenvalue weighted by Crippen LogP contribution is 2.39. The normalized spacial score (nSPS) is 10.6. The van der Waals surface area contributed by atoms with Crippen molar-refractivity contribution in [2.75, 3.05) is 41.0 Å². The zero-order chi connectivity index (χ0) is 20.2. The summed E-state index contributed by atoms with van der Waals surface area (Å²) in [5.74, 6) is 3.35. The van der Waals surface area contributed by atoms with E-state index in [2.05, 4.69) is 15.6 Å². The number of aliphatic imine (C=N–C) groups is 1. The molecule has 0 amide bonds. The molecule has 0 radical (unpaired) electrons. The molecule has 0 aliphatic carbocycles. The number of nitrogens with zero attached hydrogens (tertiary/aromatic N) is 1. The molecular formula is C21H30IN3O4. The zero-order valence-corrected chi connectivity index (χ0v) is 19.7. The third-order valence-electron chi connectivity index (χ3n) is 3.94. The van der Waals surface area contributed by atoms with Crippen LogP contribution in [0, 0.1) is 0 Å². The number of halogens is 1. The Morgan fingerprint density at radius 2 is 1.62 bits per heavy atom. The molecule has 0 aliphatic heterocycles. The van der Waals surface area contributed by atoms with Gasteiger partial charge in [0.25, 0.3) is 0 Å². The minimum Gasteiger partial charge on any atom is -0.493 e. The number of hydrogen-bond acceptors (Lipinski definition) is 5. The van der Waals surface area contributed by atoms with Gasteiger partial charge in [0.05, 0.1) is 34.4 Å². The summed E-state index contributed by atoms with van der Waals surface area (Å²) < 4.78 is 22.0. The molecule has 0 bridgehead atoms. The van der Waals surface area contributed by atoms with E-state index in [9.17, 15) is 0 Å². The largest absolute Gasteiger partial charge is 0.493 e. The van der Waals surface area contributed by atoms with Crippen LogP contribution in [0.5, 0.6) is 23.0 Å². The molecule has 0 atom stereocenters. The summed E-state index contributed by atoms with van der Waals surface area (Å²) in [7, 11) is 4.79. The van der Waals surface area contributed by atoms with Gasteiger partial charge in [-0.1, -0.05) is 18.2 Å². The first kappa shape index (κ1) is 24.7. The van der Waals surface area contributed by atoms with Gasteiger partial charge in [-0.15, -0.1) is 24.0 Å². The molecular weight excluding hydrogens is 485 g/mol. The molecule has 160 valence electrons. The number of methoxy groups -OCH3 is 3. The van der Waals surface area contributed by atoms with Crippen LogP contribution in [0.2, 0.25) is 0 Å². The lowest BCUT2D eigenvalue weighted by atomic mass is 10.1. The molecule has 0 saturated carbocycles. The molecule has 0 aliphatic rings. The Morgan fingerprint density at radius 1 is 0.897 bits per heavy atom. The molecule has 0 aromatic heterocycles. The van der Waals surface area contributed by atoms with E-state index in [0.717, 1.165) is 17.9 Å². The van der Waals surface area contributed by atoms with Crippen LogP contribution >= 0.6 is 24.0 Å². The molecule has 0 saturated heterocycles. The minimum absolute atomic E-state index is 0. The van der Waals surface area contributed by atoms with Crippen molar-refractivity contribution in [3.8, 4) is 23.0 Å². The van der Waals surface area contributed by atoms with Crippen molar-refractivity contribution < 1.29 is 18.9 Å². The molecule has 0 spiro atoms. The van der Waals surface area contributed by atoms with E-state index < -0.39 is 0 Å². The van der Waals surface area contributed by atoms with Gasteiger partial charge in [-0.05, 0) is 31.2 Å². The Hall–Kier alpha value is -2.36. The van der Waals surface area contributed by atoms with E-state index in [1.165, 1.54) is 0 Å². The Balaban J connectivity index is 0.00000420. The lowest BCUT2D eigenvalue weighted by Gasteiger charge is -2.16. The molecule has 0 unspecified atom stereocenters. The Kier molecular flexibility index (Phi) is 11.7. The lowest BCUT2D eigenvalue weighted by Crippen LogP contribution is -2.39. The van der Waals surface area contributed by atoms with E-state index in [4.69, 9.17) is 18.9 Å². The first-order valence-electron chi connectivity index (χ1n) is 9.21. The van der Waals surface area contributed by atoms with Crippen molar-refractivity contribution >= 4 is 29.9 Å². The first-order valence-corrected chi connectivity index (χ1v) is 9.21. The molecule has 0 heterocycles. The molecule has 2 aromatic rings. The maximum Gasteiger partial charge on any atom is 0.203 e. The predicted octanol–water partition coefficient (Wildman–Crippen LogP) is 3.46. The standard InChI is InChI=1S/C21H29N3O4.HI/c1-5-22-21(23-13-14-28-17-9-7-6-8-10-17)24-15-16-11-12-18(25-2)20(27-4)19(16)26-3;/h6-12H,5,13-15H2,1-4H3,(H2,22,23,24);1H. The van der Waals surface area contributed by atoms with E-state index in [-0.39, 0.29) is 24.0 Å². The summed E-state index contributed by atoms with van der Waals surface area (Å²) in [4.78, 5) is 4.63. The van der Waals surface area contributed by atoms with Crippen LogP contribution in [0.15, 0.2) is 47.5 Å². The quantitative estimate of drug-likeness (QED) is 0.219. The fraction of sp³-hybridized carbons (Fsp3) is 0.381. The summed E-state index contributed by atoms with van der Waals surface area (Å²) >= 11 is 0. The van der Waals surface area contributed by atoms with Crippen molar-refractivity contribution in [3.05, 3.63) is 48.0 Å². The topological polar surface area (TPSA) is 73.3 Å².